The van der Waals surface area contributed by atoms with Crippen molar-refractivity contribution in [2.24, 2.45) is 5.92 Å². The maximum absolute atomic E-state index is 12.3. The summed E-state index contributed by atoms with van der Waals surface area (Å²) in [5.41, 5.74) is 0.0394. The van der Waals surface area contributed by atoms with Crippen LogP contribution >= 0.6 is 10.9 Å². The predicted molar refractivity (Wildman–Crippen MR) is 74.5 cm³/mol. The quantitative estimate of drug-likeness (QED) is 0.738. The van der Waals surface area contributed by atoms with E-state index in [1.54, 1.807) is 0 Å². The highest BCUT2D eigenvalue weighted by atomic mass is 32.2. The predicted octanol–water partition coefficient (Wildman–Crippen LogP) is 2.67. The Morgan fingerprint density at radius 1 is 1.38 bits per heavy atom. The number of hydrogen-bond donors (Lipinski definition) is 1. The lowest BCUT2D eigenvalue weighted by atomic mass is 10.0. The maximum Gasteiger partial charge on any atom is 0.225 e. The molecule has 96 valence electrons. The van der Waals surface area contributed by atoms with Gasteiger partial charge in [-0.3, -0.25) is 15.7 Å². The van der Waals surface area contributed by atoms with E-state index in [2.05, 4.69) is 31.3 Å². The molecule has 0 bridgehead atoms. The fraction of sp³-hybridized carbons (Fsp3) is 0.923. The van der Waals surface area contributed by atoms with Gasteiger partial charge in [0.05, 0.1) is 0 Å². The minimum Gasteiger partial charge on any atom is -0.334 e. The molecule has 0 aliphatic heterocycles. The van der Waals surface area contributed by atoms with E-state index in [-0.39, 0.29) is 22.4 Å². The second-order valence-electron chi connectivity index (χ2n) is 6.14. The van der Waals surface area contributed by atoms with Gasteiger partial charge in [-0.25, -0.2) is 0 Å². The molecule has 0 aromatic rings. The van der Waals surface area contributed by atoms with Crippen LogP contribution in [0.15, 0.2) is 0 Å². The Kier molecular flexibility index (Phi) is 4.33. The molecule has 1 amide bonds. The number of rotatable bonds is 5. The van der Waals surface area contributed by atoms with Crippen LogP contribution in [0.3, 0.4) is 0 Å². The molecule has 0 heterocycles. The van der Waals surface area contributed by atoms with Gasteiger partial charge in [0, 0.05) is 17.5 Å². The van der Waals surface area contributed by atoms with E-state index in [9.17, 15) is 4.79 Å². The van der Waals surface area contributed by atoms with Gasteiger partial charge in [-0.2, -0.15) is 0 Å². The second kappa shape index (κ2) is 4.99. The molecule has 1 saturated carbocycles. The molecule has 0 aromatic carbocycles. The fourth-order valence-electron chi connectivity index (χ4n) is 2.43. The largest absolute Gasteiger partial charge is 0.334 e. The lowest BCUT2D eigenvalue weighted by Crippen LogP contribution is -2.52. The van der Waals surface area contributed by atoms with Crippen LogP contribution in [-0.4, -0.2) is 40.7 Å². The summed E-state index contributed by atoms with van der Waals surface area (Å²) in [5.74, 6) is 1.61. The highest BCUT2D eigenvalue weighted by Gasteiger charge is 2.42. The van der Waals surface area contributed by atoms with Gasteiger partial charge < -0.3 is 4.90 Å². The smallest absolute Gasteiger partial charge is 0.225 e. The maximum atomic E-state index is 12.3. The van der Waals surface area contributed by atoms with E-state index in [1.807, 2.05) is 13.8 Å². The molecule has 3 heteroatoms. The lowest BCUT2D eigenvalue weighted by molar-refractivity contribution is -0.139. The fourth-order valence-corrected chi connectivity index (χ4v) is 4.13. The van der Waals surface area contributed by atoms with Crippen molar-refractivity contribution >= 4 is 16.8 Å². The van der Waals surface area contributed by atoms with Crippen LogP contribution in [-0.2, 0) is 4.79 Å². The first-order chi connectivity index (χ1) is 7.25. The number of thiol groups is 1. The Bertz CT molecular complexity index is 257. The van der Waals surface area contributed by atoms with Crippen molar-refractivity contribution in [3.05, 3.63) is 0 Å². The summed E-state index contributed by atoms with van der Waals surface area (Å²) < 4.78 is 0. The van der Waals surface area contributed by atoms with Gasteiger partial charge in [-0.1, -0.05) is 13.8 Å². The molecule has 0 atom stereocenters. The van der Waals surface area contributed by atoms with E-state index < -0.39 is 0 Å². The normalized spacial score (nSPS) is 17.6. The number of amides is 1. The number of carbonyl (C=O) groups excluding carboxylic acids is 1. The summed E-state index contributed by atoms with van der Waals surface area (Å²) in [6.07, 6.45) is 6.99. The van der Waals surface area contributed by atoms with Crippen LogP contribution in [0.2, 0.25) is 0 Å². The number of carbonyl (C=O) groups is 1. The summed E-state index contributed by atoms with van der Waals surface area (Å²) >= 11 is 0. The van der Waals surface area contributed by atoms with E-state index in [0.717, 1.165) is 5.75 Å². The summed E-state index contributed by atoms with van der Waals surface area (Å²) in [6.45, 7) is 8.48. The zero-order valence-electron chi connectivity index (χ0n) is 11.6. The zero-order valence-corrected chi connectivity index (χ0v) is 12.5. The average Bonchev–Trinajstić information content (AvgIpc) is 2.84. The molecule has 0 N–H and O–H groups in total. The molecule has 1 rings (SSSR count). The summed E-state index contributed by atoms with van der Waals surface area (Å²) in [5, 5.41) is 0. The van der Waals surface area contributed by atoms with E-state index in [4.69, 9.17) is 0 Å². The minimum absolute atomic E-state index is 0.0394. The summed E-state index contributed by atoms with van der Waals surface area (Å²) in [7, 11) is 0.0441. The molecular weight excluding hydrogens is 218 g/mol. The van der Waals surface area contributed by atoms with Crippen molar-refractivity contribution in [2.45, 2.75) is 52.1 Å². The van der Waals surface area contributed by atoms with Crippen LogP contribution in [0.4, 0.5) is 0 Å². The van der Waals surface area contributed by atoms with Gasteiger partial charge in [0.15, 0.2) is 0 Å². The molecule has 0 radical (unpaired) electrons. The molecule has 1 fully saturated rings. The Morgan fingerprint density at radius 3 is 2.19 bits per heavy atom. The molecule has 16 heavy (non-hydrogen) atoms. The topological polar surface area (TPSA) is 20.3 Å². The van der Waals surface area contributed by atoms with Gasteiger partial charge in [0.2, 0.25) is 5.91 Å². The summed E-state index contributed by atoms with van der Waals surface area (Å²) in [6, 6.07) is 0.528. The van der Waals surface area contributed by atoms with E-state index in [1.165, 1.54) is 12.8 Å². The van der Waals surface area contributed by atoms with Crippen LogP contribution < -0.4 is 0 Å². The highest BCUT2D eigenvalue weighted by molar-refractivity contribution is 8.15. The molecule has 1 aliphatic carbocycles. The molecule has 0 spiro atoms. The number of hydrogen-bond acceptors (Lipinski definition) is 1. The molecule has 0 saturated heterocycles. The molecule has 0 unspecified atom stereocenters. The van der Waals surface area contributed by atoms with Gasteiger partial charge in [0.1, 0.15) is 0 Å². The molecule has 2 nitrogen and oxygen atoms in total. The monoisotopic (exact) mass is 245 g/mol. The first-order valence-electron chi connectivity index (χ1n) is 6.23. The van der Waals surface area contributed by atoms with Crippen molar-refractivity contribution in [3.63, 3.8) is 0 Å². The van der Waals surface area contributed by atoms with Crippen molar-refractivity contribution in [1.82, 2.24) is 4.90 Å². The molecular formula is C13H27NOS. The number of nitrogens with zero attached hydrogens (tertiary/aromatic N) is 1. The van der Waals surface area contributed by atoms with Crippen molar-refractivity contribution < 1.29 is 4.79 Å². The van der Waals surface area contributed by atoms with Crippen LogP contribution in [0.25, 0.3) is 0 Å². The second-order valence-corrected chi connectivity index (χ2v) is 8.62. The third-order valence-electron chi connectivity index (χ3n) is 3.00. The minimum atomic E-state index is 0.0394. The van der Waals surface area contributed by atoms with Crippen LogP contribution in [0.5, 0.6) is 0 Å². The summed E-state index contributed by atoms with van der Waals surface area (Å²) in [4.78, 5) is 14.5. The van der Waals surface area contributed by atoms with Crippen LogP contribution in [0.1, 0.15) is 40.5 Å². The van der Waals surface area contributed by atoms with E-state index in [0.29, 0.717) is 11.9 Å². The Morgan fingerprint density at radius 2 is 1.88 bits per heavy atom. The van der Waals surface area contributed by atoms with Crippen molar-refractivity contribution in [3.8, 4) is 0 Å². The van der Waals surface area contributed by atoms with Gasteiger partial charge in [-0.05, 0) is 45.0 Å². The first-order valence-corrected chi connectivity index (χ1v) is 8.65. The van der Waals surface area contributed by atoms with Crippen molar-refractivity contribution in [1.29, 1.82) is 0 Å². The first kappa shape index (κ1) is 13.9. The third kappa shape index (κ3) is 3.41. The molecule has 0 aromatic heterocycles. The van der Waals surface area contributed by atoms with Crippen LogP contribution in [0, 0.1) is 5.92 Å². The van der Waals surface area contributed by atoms with Gasteiger partial charge >= 0.3 is 0 Å². The Balaban J connectivity index is 2.80. The van der Waals surface area contributed by atoms with E-state index >= 15 is 0 Å². The van der Waals surface area contributed by atoms with Gasteiger partial charge in [0.25, 0.3) is 0 Å². The highest BCUT2D eigenvalue weighted by Crippen LogP contribution is 2.37. The SMILES string of the molecule is CC(C)C(=O)N(C1CC1)C(C)(C)C[SH](C)C. The standard InChI is InChI=1S/C13H27NOS/c1-10(2)12(15)14(11-7-8-11)13(3,4)9-16(5)6/h10-11,16H,7-9H2,1-6H3. The molecule has 1 aliphatic rings. The van der Waals surface area contributed by atoms with Gasteiger partial charge in [-0.15, -0.1) is 0 Å². The average molecular weight is 245 g/mol. The Labute approximate surface area is 103 Å². The Hall–Kier alpha value is -0.180. The van der Waals surface area contributed by atoms with Crippen molar-refractivity contribution in [2.75, 3.05) is 18.3 Å². The lowest BCUT2D eigenvalue weighted by Gasteiger charge is -2.42. The third-order valence-corrected chi connectivity index (χ3v) is 4.41. The zero-order chi connectivity index (χ0) is 12.5.